The molecule has 0 heterocycles. The van der Waals surface area contributed by atoms with Crippen LogP contribution >= 0.6 is 11.6 Å². The molecule has 0 aliphatic heterocycles. The Morgan fingerprint density at radius 2 is 2.21 bits per heavy atom. The number of ketones is 2. The highest BCUT2D eigenvalue weighted by Crippen LogP contribution is 2.39. The summed E-state index contributed by atoms with van der Waals surface area (Å²) in [5, 5.41) is 0.510. The van der Waals surface area contributed by atoms with Gasteiger partial charge in [0.25, 0.3) is 0 Å². The maximum absolute atomic E-state index is 11.5. The van der Waals surface area contributed by atoms with Gasteiger partial charge in [-0.25, -0.2) is 0 Å². The Kier molecular flexibility index (Phi) is 2.45. The minimum absolute atomic E-state index is 0.155. The molecule has 4 heteroatoms. The second kappa shape index (κ2) is 3.48. The minimum atomic E-state index is -0.444. The Hall–Kier alpha value is -0.670. The van der Waals surface area contributed by atoms with Crippen LogP contribution in [0.4, 0.5) is 0 Å². The number of fused-ring (bicyclic) bond motifs is 2. The van der Waals surface area contributed by atoms with Gasteiger partial charge >= 0.3 is 0 Å². The smallest absolute Gasteiger partial charge is 0.208 e. The van der Waals surface area contributed by atoms with Gasteiger partial charge < -0.3 is 4.74 Å². The number of allylic oxidation sites excluding steroid dienone is 1. The Labute approximate surface area is 87.1 Å². The van der Waals surface area contributed by atoms with Crippen molar-refractivity contribution in [3.8, 4) is 0 Å². The molecule has 3 atom stereocenters. The lowest BCUT2D eigenvalue weighted by atomic mass is 9.72. The summed E-state index contributed by atoms with van der Waals surface area (Å²) in [7, 11) is 0. The molecule has 2 bridgehead atoms. The summed E-state index contributed by atoms with van der Waals surface area (Å²) in [6.07, 6.45) is 2.07. The zero-order chi connectivity index (χ0) is 10.3. The van der Waals surface area contributed by atoms with Crippen LogP contribution in [0.1, 0.15) is 13.3 Å². The molecule has 0 radical (unpaired) electrons. The lowest BCUT2D eigenvalue weighted by Gasteiger charge is -2.36. The molecule has 0 aromatic rings. The van der Waals surface area contributed by atoms with E-state index >= 15 is 0 Å². The molecule has 3 aliphatic rings. The summed E-state index contributed by atoms with van der Waals surface area (Å²) in [6, 6.07) is 0. The van der Waals surface area contributed by atoms with Gasteiger partial charge in [-0.3, -0.25) is 9.59 Å². The van der Waals surface area contributed by atoms with E-state index in [0.29, 0.717) is 18.1 Å². The average molecular weight is 215 g/mol. The first-order valence-corrected chi connectivity index (χ1v) is 5.09. The molecule has 1 fully saturated rings. The molecule has 3 nitrogen and oxygen atoms in total. The first kappa shape index (κ1) is 9.87. The first-order valence-electron chi connectivity index (χ1n) is 4.72. The Balaban J connectivity index is 2.28. The molecule has 1 saturated carbocycles. The van der Waals surface area contributed by atoms with E-state index in [4.69, 9.17) is 16.3 Å². The van der Waals surface area contributed by atoms with Crippen molar-refractivity contribution in [2.45, 2.75) is 19.4 Å². The number of hydrogen-bond acceptors (Lipinski definition) is 3. The zero-order valence-electron chi connectivity index (χ0n) is 7.83. The number of carbonyl (C=O) groups excluding carboxylic acids is 2. The van der Waals surface area contributed by atoms with Crippen LogP contribution in [0.3, 0.4) is 0 Å². The van der Waals surface area contributed by atoms with Crippen LogP contribution in [0.15, 0.2) is 11.1 Å². The maximum Gasteiger partial charge on any atom is 0.208 e. The summed E-state index contributed by atoms with van der Waals surface area (Å²) in [4.78, 5) is 22.9. The number of ether oxygens (including phenoxy) is 1. The summed E-state index contributed by atoms with van der Waals surface area (Å²) >= 11 is 5.87. The fourth-order valence-electron chi connectivity index (χ4n) is 2.09. The largest absolute Gasteiger partial charge is 0.377 e. The van der Waals surface area contributed by atoms with E-state index in [2.05, 4.69) is 0 Å². The summed E-state index contributed by atoms with van der Waals surface area (Å²) in [5.41, 5.74) is 0. The van der Waals surface area contributed by atoms with Crippen LogP contribution in [0, 0.1) is 11.8 Å². The molecule has 0 amide bonds. The third-order valence-corrected chi connectivity index (χ3v) is 3.17. The van der Waals surface area contributed by atoms with Gasteiger partial charge in [0.2, 0.25) is 11.6 Å². The van der Waals surface area contributed by atoms with Gasteiger partial charge in [0, 0.05) is 11.6 Å². The van der Waals surface area contributed by atoms with Crippen molar-refractivity contribution in [2.75, 3.05) is 6.61 Å². The predicted molar refractivity (Wildman–Crippen MR) is 51.0 cm³/mol. The lowest BCUT2D eigenvalue weighted by molar-refractivity contribution is -0.148. The van der Waals surface area contributed by atoms with Crippen molar-refractivity contribution in [3.05, 3.63) is 11.1 Å². The van der Waals surface area contributed by atoms with E-state index in [0.717, 1.165) is 0 Å². The monoisotopic (exact) mass is 214 g/mol. The number of carbonyl (C=O) groups is 2. The molecule has 0 N–H and O–H groups in total. The SMILES string of the molecule is CCO[C@@H]1C[C@@H]2C(=O)C(=O)[C@@H]1C=C2Cl. The molecule has 14 heavy (non-hydrogen) atoms. The number of halogens is 1. The molecule has 0 aromatic heterocycles. The summed E-state index contributed by atoms with van der Waals surface area (Å²) < 4.78 is 5.41. The van der Waals surface area contributed by atoms with Gasteiger partial charge in [-0.05, 0) is 13.3 Å². The molecule has 3 aliphatic carbocycles. The van der Waals surface area contributed by atoms with E-state index in [1.54, 1.807) is 6.08 Å². The zero-order valence-corrected chi connectivity index (χ0v) is 8.58. The van der Waals surface area contributed by atoms with Crippen LogP contribution in [0.25, 0.3) is 0 Å². The Bertz CT molecular complexity index is 321. The lowest BCUT2D eigenvalue weighted by Crippen LogP contribution is -2.48. The quantitative estimate of drug-likeness (QED) is 0.651. The molecular formula is C10H11ClO3. The third kappa shape index (κ3) is 1.31. The van der Waals surface area contributed by atoms with Gasteiger partial charge in [0.1, 0.15) is 0 Å². The van der Waals surface area contributed by atoms with E-state index in [1.807, 2.05) is 6.92 Å². The van der Waals surface area contributed by atoms with Crippen LogP contribution in [-0.4, -0.2) is 24.3 Å². The van der Waals surface area contributed by atoms with Gasteiger partial charge in [0.05, 0.1) is 17.9 Å². The highest BCUT2D eigenvalue weighted by atomic mass is 35.5. The molecule has 3 rings (SSSR count). The van der Waals surface area contributed by atoms with Crippen molar-refractivity contribution in [3.63, 3.8) is 0 Å². The van der Waals surface area contributed by atoms with Crippen molar-refractivity contribution in [1.29, 1.82) is 0 Å². The summed E-state index contributed by atoms with van der Waals surface area (Å²) in [5.74, 6) is -1.58. The van der Waals surface area contributed by atoms with Crippen molar-refractivity contribution >= 4 is 23.2 Å². The highest BCUT2D eigenvalue weighted by molar-refractivity contribution is 6.45. The Morgan fingerprint density at radius 3 is 2.86 bits per heavy atom. The average Bonchev–Trinajstić information content (AvgIpc) is 2.16. The minimum Gasteiger partial charge on any atom is -0.377 e. The molecular weight excluding hydrogens is 204 g/mol. The van der Waals surface area contributed by atoms with Crippen molar-refractivity contribution < 1.29 is 14.3 Å². The second-order valence-corrected chi connectivity index (χ2v) is 4.02. The first-order chi connectivity index (χ1) is 6.65. The van der Waals surface area contributed by atoms with E-state index in [1.165, 1.54) is 0 Å². The van der Waals surface area contributed by atoms with Gasteiger partial charge in [-0.2, -0.15) is 0 Å². The summed E-state index contributed by atoms with van der Waals surface area (Å²) in [6.45, 7) is 2.43. The number of rotatable bonds is 2. The number of Topliss-reactive ketones (excluding diaryl/α,β-unsaturated/α-hetero) is 2. The fraction of sp³-hybridized carbons (Fsp3) is 0.600. The highest BCUT2D eigenvalue weighted by Gasteiger charge is 2.47. The molecule has 0 unspecified atom stereocenters. The van der Waals surface area contributed by atoms with Crippen molar-refractivity contribution in [1.82, 2.24) is 0 Å². The fourth-order valence-corrected chi connectivity index (χ4v) is 2.41. The van der Waals surface area contributed by atoms with Gasteiger partial charge in [-0.15, -0.1) is 0 Å². The normalized spacial score (nSPS) is 36.1. The Morgan fingerprint density at radius 1 is 1.50 bits per heavy atom. The van der Waals surface area contributed by atoms with Crippen LogP contribution in [0.5, 0.6) is 0 Å². The molecule has 0 aromatic carbocycles. The van der Waals surface area contributed by atoms with E-state index in [9.17, 15) is 9.59 Å². The third-order valence-electron chi connectivity index (χ3n) is 2.78. The van der Waals surface area contributed by atoms with Crippen LogP contribution < -0.4 is 0 Å². The second-order valence-electron chi connectivity index (χ2n) is 3.59. The maximum atomic E-state index is 11.5. The van der Waals surface area contributed by atoms with E-state index < -0.39 is 11.8 Å². The van der Waals surface area contributed by atoms with Crippen LogP contribution in [0.2, 0.25) is 0 Å². The molecule has 76 valence electrons. The standard InChI is InChI=1S/C10H11ClO3/c1-2-14-8-4-5-7(11)3-6(8)10(13)9(5)12/h3,5-6,8H,2,4H2,1H3/t5-,6+,8+/m0/s1. The molecule has 0 saturated heterocycles. The predicted octanol–water partition coefficient (Wildman–Crippen LogP) is 1.30. The van der Waals surface area contributed by atoms with Crippen molar-refractivity contribution in [2.24, 2.45) is 11.8 Å². The topological polar surface area (TPSA) is 43.4 Å². The van der Waals surface area contributed by atoms with Gasteiger partial charge in [0.15, 0.2) is 0 Å². The van der Waals surface area contributed by atoms with Crippen LogP contribution in [-0.2, 0) is 14.3 Å². The molecule has 0 spiro atoms. The van der Waals surface area contributed by atoms with E-state index in [-0.39, 0.29) is 17.7 Å². The van der Waals surface area contributed by atoms with Gasteiger partial charge in [-0.1, -0.05) is 17.7 Å². The number of hydrogen-bond donors (Lipinski definition) is 0.